The number of carbonyl (C=O) groups is 2. The molecule has 2 aromatic heterocycles. The van der Waals surface area contributed by atoms with E-state index < -0.39 is 11.9 Å². The number of fused-ring (bicyclic) bond motifs is 1. The smallest absolute Gasteiger partial charge is 0.307 e. The Morgan fingerprint density at radius 2 is 1.82 bits per heavy atom. The van der Waals surface area contributed by atoms with E-state index >= 15 is 0 Å². The lowest BCUT2D eigenvalue weighted by atomic mass is 10.0. The Bertz CT molecular complexity index is 1110. The number of aromatic nitrogens is 1. The zero-order valence-corrected chi connectivity index (χ0v) is 15.8. The number of rotatable bonds is 7. The molecule has 0 amide bonds. The standard InChI is InChI=1S/C20H18ClNO6/c1-11-9-15-18(20(27)22(11)8-2-3-16(23)24)14(10-17(25)26)19(28-15)12-4-6-13(21)7-5-12/h4-7,9H,2-3,8,10H2,1H3,(H,23,24)(H,25,26). The monoisotopic (exact) mass is 403 g/mol. The maximum absolute atomic E-state index is 13.1. The largest absolute Gasteiger partial charge is 0.481 e. The van der Waals surface area contributed by atoms with E-state index in [1.54, 1.807) is 37.3 Å². The van der Waals surface area contributed by atoms with Crippen LogP contribution in [-0.2, 0) is 22.6 Å². The van der Waals surface area contributed by atoms with Gasteiger partial charge in [-0.1, -0.05) is 11.6 Å². The average Bonchev–Trinajstić information content (AvgIpc) is 2.95. The van der Waals surface area contributed by atoms with Crippen molar-refractivity contribution in [3.63, 3.8) is 0 Å². The molecule has 3 aromatic rings. The van der Waals surface area contributed by atoms with Gasteiger partial charge in [0.1, 0.15) is 11.3 Å². The van der Waals surface area contributed by atoms with Crippen LogP contribution in [0.5, 0.6) is 0 Å². The van der Waals surface area contributed by atoms with Crippen molar-refractivity contribution in [2.45, 2.75) is 32.7 Å². The molecule has 3 rings (SSSR count). The molecule has 146 valence electrons. The summed E-state index contributed by atoms with van der Waals surface area (Å²) in [5, 5.41) is 18.9. The van der Waals surface area contributed by atoms with E-state index in [-0.39, 0.29) is 36.8 Å². The number of hydrogen-bond donors (Lipinski definition) is 2. The Morgan fingerprint density at radius 3 is 2.43 bits per heavy atom. The molecule has 0 unspecified atom stereocenters. The Morgan fingerprint density at radius 1 is 1.14 bits per heavy atom. The van der Waals surface area contributed by atoms with Crippen molar-refractivity contribution in [1.82, 2.24) is 4.57 Å². The molecule has 1 aromatic carbocycles. The van der Waals surface area contributed by atoms with Gasteiger partial charge in [0.2, 0.25) is 0 Å². The second kappa shape index (κ2) is 7.90. The molecule has 2 N–H and O–H groups in total. The zero-order chi connectivity index (χ0) is 20.4. The molecule has 0 spiro atoms. The normalized spacial score (nSPS) is 11.1. The van der Waals surface area contributed by atoms with Gasteiger partial charge in [0.15, 0.2) is 0 Å². The third kappa shape index (κ3) is 3.94. The van der Waals surface area contributed by atoms with Crippen molar-refractivity contribution in [2.75, 3.05) is 0 Å². The SMILES string of the molecule is Cc1cc2oc(-c3ccc(Cl)cc3)c(CC(=O)O)c2c(=O)n1CCCC(=O)O. The van der Waals surface area contributed by atoms with Crippen molar-refractivity contribution in [3.05, 3.63) is 57.0 Å². The summed E-state index contributed by atoms with van der Waals surface area (Å²) >= 11 is 5.92. The molecular weight excluding hydrogens is 386 g/mol. The van der Waals surface area contributed by atoms with Gasteiger partial charge >= 0.3 is 11.9 Å². The van der Waals surface area contributed by atoms with Gasteiger partial charge in [0.05, 0.1) is 11.8 Å². The van der Waals surface area contributed by atoms with Gasteiger partial charge in [0.25, 0.3) is 5.56 Å². The van der Waals surface area contributed by atoms with Gasteiger partial charge in [0, 0.05) is 40.9 Å². The second-order valence-electron chi connectivity index (χ2n) is 6.47. The Hall–Kier alpha value is -3.06. The summed E-state index contributed by atoms with van der Waals surface area (Å²) in [7, 11) is 0. The number of pyridine rings is 1. The van der Waals surface area contributed by atoms with Crippen LogP contribution in [0.15, 0.2) is 39.5 Å². The lowest BCUT2D eigenvalue weighted by Crippen LogP contribution is -2.23. The van der Waals surface area contributed by atoms with Crippen molar-refractivity contribution in [3.8, 4) is 11.3 Å². The van der Waals surface area contributed by atoms with Crippen molar-refractivity contribution < 1.29 is 24.2 Å². The zero-order valence-electron chi connectivity index (χ0n) is 15.1. The Labute approximate surface area is 164 Å². The molecule has 0 fully saturated rings. The van der Waals surface area contributed by atoms with Crippen LogP contribution in [0.3, 0.4) is 0 Å². The van der Waals surface area contributed by atoms with Crippen LogP contribution in [-0.4, -0.2) is 26.7 Å². The van der Waals surface area contributed by atoms with Crippen LogP contribution in [0, 0.1) is 6.92 Å². The van der Waals surface area contributed by atoms with E-state index in [1.165, 1.54) is 4.57 Å². The highest BCUT2D eigenvalue weighted by Crippen LogP contribution is 2.33. The lowest BCUT2D eigenvalue weighted by molar-refractivity contribution is -0.137. The van der Waals surface area contributed by atoms with Crippen LogP contribution in [0.1, 0.15) is 24.1 Å². The molecule has 7 nitrogen and oxygen atoms in total. The first kappa shape index (κ1) is 19.7. The first-order valence-corrected chi connectivity index (χ1v) is 9.01. The topological polar surface area (TPSA) is 110 Å². The minimum absolute atomic E-state index is 0.0622. The number of hydrogen-bond acceptors (Lipinski definition) is 4. The fraction of sp³-hybridized carbons (Fsp3) is 0.250. The highest BCUT2D eigenvalue weighted by molar-refractivity contribution is 6.30. The highest BCUT2D eigenvalue weighted by atomic mass is 35.5. The van der Waals surface area contributed by atoms with Gasteiger partial charge in [-0.05, 0) is 37.6 Å². The molecule has 0 atom stereocenters. The fourth-order valence-corrected chi connectivity index (χ4v) is 3.33. The van der Waals surface area contributed by atoms with Gasteiger partial charge < -0.3 is 19.2 Å². The summed E-state index contributed by atoms with van der Waals surface area (Å²) in [6.07, 6.45) is -0.149. The molecule has 8 heteroatoms. The molecule has 0 aliphatic carbocycles. The maximum Gasteiger partial charge on any atom is 0.307 e. The van der Waals surface area contributed by atoms with Gasteiger partial charge in [-0.15, -0.1) is 0 Å². The van der Waals surface area contributed by atoms with Crippen LogP contribution >= 0.6 is 11.6 Å². The van der Waals surface area contributed by atoms with Gasteiger partial charge in [-0.25, -0.2) is 0 Å². The third-order valence-electron chi connectivity index (χ3n) is 4.47. The molecule has 0 aliphatic heterocycles. The fourth-order valence-electron chi connectivity index (χ4n) is 3.20. The lowest BCUT2D eigenvalue weighted by Gasteiger charge is -2.09. The highest BCUT2D eigenvalue weighted by Gasteiger charge is 2.22. The number of benzene rings is 1. The van der Waals surface area contributed by atoms with Crippen LogP contribution in [0.2, 0.25) is 5.02 Å². The predicted molar refractivity (Wildman–Crippen MR) is 104 cm³/mol. The quantitative estimate of drug-likeness (QED) is 0.622. The van der Waals surface area contributed by atoms with Crippen LogP contribution in [0.4, 0.5) is 0 Å². The minimum Gasteiger partial charge on any atom is -0.481 e. The molecule has 0 saturated carbocycles. The van der Waals surface area contributed by atoms with Crippen molar-refractivity contribution >= 4 is 34.5 Å². The first-order valence-electron chi connectivity index (χ1n) is 8.63. The summed E-state index contributed by atoms with van der Waals surface area (Å²) < 4.78 is 7.33. The second-order valence-corrected chi connectivity index (χ2v) is 6.90. The van der Waals surface area contributed by atoms with Crippen molar-refractivity contribution in [2.24, 2.45) is 0 Å². The average molecular weight is 404 g/mol. The summed E-state index contributed by atoms with van der Waals surface area (Å²) in [4.78, 5) is 35.2. The molecule has 0 radical (unpaired) electrons. The molecule has 0 bridgehead atoms. The number of nitrogens with zero attached hydrogens (tertiary/aromatic N) is 1. The molecular formula is C20H18ClNO6. The first-order chi connectivity index (χ1) is 13.3. The van der Waals surface area contributed by atoms with E-state index in [0.717, 1.165) is 0 Å². The molecule has 2 heterocycles. The van der Waals surface area contributed by atoms with E-state index in [2.05, 4.69) is 0 Å². The molecule has 28 heavy (non-hydrogen) atoms. The number of carboxylic acid groups (broad SMARTS) is 2. The molecule has 0 aliphatic rings. The summed E-state index contributed by atoms with van der Waals surface area (Å²) in [5.41, 5.74) is 1.44. The van der Waals surface area contributed by atoms with Gasteiger partial charge in [-0.2, -0.15) is 0 Å². The number of aliphatic carboxylic acids is 2. The van der Waals surface area contributed by atoms with E-state index in [4.69, 9.17) is 21.1 Å². The van der Waals surface area contributed by atoms with Crippen LogP contribution < -0.4 is 5.56 Å². The number of halogens is 1. The number of furan rings is 1. The van der Waals surface area contributed by atoms with Crippen LogP contribution in [0.25, 0.3) is 22.3 Å². The summed E-state index contributed by atoms with van der Waals surface area (Å²) in [6.45, 7) is 1.95. The summed E-state index contributed by atoms with van der Waals surface area (Å²) in [5.74, 6) is -1.71. The number of aryl methyl sites for hydroxylation is 1. The summed E-state index contributed by atoms with van der Waals surface area (Å²) in [6, 6.07) is 8.38. The van der Waals surface area contributed by atoms with E-state index in [1.807, 2.05) is 0 Å². The maximum atomic E-state index is 13.1. The van der Waals surface area contributed by atoms with Gasteiger partial charge in [-0.3, -0.25) is 14.4 Å². The minimum atomic E-state index is -1.09. The Kier molecular flexibility index (Phi) is 5.56. The molecule has 0 saturated heterocycles. The Balaban J connectivity index is 2.19. The van der Waals surface area contributed by atoms with Crippen molar-refractivity contribution in [1.29, 1.82) is 0 Å². The van der Waals surface area contributed by atoms with E-state index in [0.29, 0.717) is 33.2 Å². The third-order valence-corrected chi connectivity index (χ3v) is 4.72. The number of carboxylic acids is 2. The van der Waals surface area contributed by atoms with E-state index in [9.17, 15) is 19.5 Å². The predicted octanol–water partition coefficient (Wildman–Crippen LogP) is 3.72.